The zero-order valence-corrected chi connectivity index (χ0v) is 9.74. The van der Waals surface area contributed by atoms with Crippen LogP contribution in [0.4, 0.5) is 13.2 Å². The van der Waals surface area contributed by atoms with Gasteiger partial charge in [0.2, 0.25) is 0 Å². The van der Waals surface area contributed by atoms with Crippen LogP contribution < -0.4 is 0 Å². The summed E-state index contributed by atoms with van der Waals surface area (Å²) in [5, 5.41) is 0. The van der Waals surface area contributed by atoms with E-state index in [9.17, 15) is 13.2 Å². The molecule has 0 saturated carbocycles. The first-order valence-corrected chi connectivity index (χ1v) is 4.62. The molecular formula is C2F3I3. The molecule has 0 aromatic carbocycles. The second-order valence-electron chi connectivity index (χ2n) is 0.996. The number of rotatable bonds is 1. The minimum atomic E-state index is -3.29. The highest BCUT2D eigenvalue weighted by Crippen LogP contribution is 2.48. The van der Waals surface area contributed by atoms with Gasteiger partial charge in [0.05, 0.1) is 0 Å². The lowest BCUT2D eigenvalue weighted by molar-refractivity contribution is 0.0761. The summed E-state index contributed by atoms with van der Waals surface area (Å²) in [7, 11) is 0. The molecule has 6 heteroatoms. The third-order valence-electron chi connectivity index (χ3n) is 0.321. The van der Waals surface area contributed by atoms with Crippen LogP contribution in [-0.2, 0) is 0 Å². The Kier molecular flexibility index (Phi) is 3.65. The standard InChI is InChI=1S/C2F3I3/c3-1(4,6)2(5,7)8. The Morgan fingerprint density at radius 1 is 0.875 bits per heavy atom. The van der Waals surface area contributed by atoms with E-state index in [0.717, 1.165) is 67.8 Å². The molecule has 8 heavy (non-hydrogen) atoms. The lowest BCUT2D eigenvalue weighted by Gasteiger charge is -2.15. The lowest BCUT2D eigenvalue weighted by Crippen LogP contribution is -2.25. The van der Waals surface area contributed by atoms with Gasteiger partial charge in [-0.3, -0.25) is 0 Å². The van der Waals surface area contributed by atoms with Gasteiger partial charge in [0.1, 0.15) is 0 Å². The summed E-state index contributed by atoms with van der Waals surface area (Å²) in [5.41, 5.74) is 0. The smallest absolute Gasteiger partial charge is 0.213 e. The van der Waals surface area contributed by atoms with Crippen LogP contribution in [0.25, 0.3) is 0 Å². The molecule has 0 spiro atoms. The van der Waals surface area contributed by atoms with E-state index in [0.29, 0.717) is 0 Å². The first-order valence-electron chi connectivity index (χ1n) is 1.38. The van der Waals surface area contributed by atoms with Crippen LogP contribution in [0.15, 0.2) is 0 Å². The van der Waals surface area contributed by atoms with Gasteiger partial charge in [-0.15, -0.1) is 0 Å². The van der Waals surface area contributed by atoms with Crippen molar-refractivity contribution in [2.45, 2.75) is 5.61 Å². The summed E-state index contributed by atoms with van der Waals surface area (Å²) in [5.74, 6) is 0. The van der Waals surface area contributed by atoms with Crippen molar-refractivity contribution in [1.29, 1.82) is 0 Å². The summed E-state index contributed by atoms with van der Waals surface area (Å²) in [6.07, 6.45) is 0. The summed E-state index contributed by atoms with van der Waals surface area (Å²) >= 11 is 2.85. The fourth-order valence-electron chi connectivity index (χ4n) is 0. The zero-order chi connectivity index (χ0) is 7.00. The maximum Gasteiger partial charge on any atom is 0.347 e. The lowest BCUT2D eigenvalue weighted by atomic mass is 10.8. The molecule has 0 N–H and O–H groups in total. The maximum absolute atomic E-state index is 12.1. The van der Waals surface area contributed by atoms with Crippen molar-refractivity contribution in [3.8, 4) is 0 Å². The Morgan fingerprint density at radius 3 is 1.00 bits per heavy atom. The molecule has 0 aromatic heterocycles. The van der Waals surface area contributed by atoms with Gasteiger partial charge in [0, 0.05) is 22.6 Å². The molecule has 50 valence electrons. The molecule has 0 bridgehead atoms. The van der Waals surface area contributed by atoms with E-state index in [1.807, 2.05) is 0 Å². The van der Waals surface area contributed by atoms with E-state index in [1.165, 1.54) is 0 Å². The average molecular weight is 462 g/mol. The molecule has 0 aromatic rings. The van der Waals surface area contributed by atoms with Gasteiger partial charge >= 0.3 is 3.93 Å². The molecule has 0 heterocycles. The molecule has 0 unspecified atom stereocenters. The summed E-state index contributed by atoms with van der Waals surface area (Å²) in [4.78, 5) is 0. The van der Waals surface area contributed by atoms with Crippen molar-refractivity contribution in [3.05, 3.63) is 0 Å². The van der Waals surface area contributed by atoms with E-state index >= 15 is 0 Å². The molecule has 0 radical (unpaired) electrons. The monoisotopic (exact) mass is 462 g/mol. The molecule has 0 amide bonds. The third kappa shape index (κ3) is 3.22. The van der Waals surface area contributed by atoms with E-state index in [1.54, 1.807) is 0 Å². The largest absolute Gasteiger partial charge is 0.347 e. The van der Waals surface area contributed by atoms with Gasteiger partial charge in [-0.2, -0.15) is 8.78 Å². The molecule has 0 aliphatic heterocycles. The predicted octanol–water partition coefficient (Wildman–Crippen LogP) is 3.51. The molecule has 0 nitrogen and oxygen atoms in total. The Labute approximate surface area is 85.4 Å². The summed E-state index contributed by atoms with van der Waals surface area (Å²) in [6.45, 7) is 0. The first kappa shape index (κ1) is 9.98. The zero-order valence-electron chi connectivity index (χ0n) is 3.27. The highest BCUT2D eigenvalue weighted by molar-refractivity contribution is 14.2. The Morgan fingerprint density at radius 2 is 1.00 bits per heavy atom. The van der Waals surface area contributed by atoms with E-state index in [-0.39, 0.29) is 0 Å². The van der Waals surface area contributed by atoms with Gasteiger partial charge in [0.25, 0.3) is 1.68 Å². The van der Waals surface area contributed by atoms with Crippen LogP contribution >= 0.6 is 67.8 Å². The van der Waals surface area contributed by atoms with E-state index in [4.69, 9.17) is 0 Å². The summed E-state index contributed by atoms with van der Waals surface area (Å²) < 4.78 is 30.0. The maximum atomic E-state index is 12.1. The van der Waals surface area contributed by atoms with Crippen molar-refractivity contribution < 1.29 is 13.2 Å². The Balaban J connectivity index is 4.02. The van der Waals surface area contributed by atoms with Gasteiger partial charge in [-0.25, -0.2) is 4.39 Å². The van der Waals surface area contributed by atoms with E-state index in [2.05, 4.69) is 0 Å². The molecule has 0 fully saturated rings. The number of hydrogen-bond acceptors (Lipinski definition) is 0. The van der Waals surface area contributed by atoms with Crippen molar-refractivity contribution in [2.75, 3.05) is 0 Å². The molecule has 0 atom stereocenters. The molecule has 0 rings (SSSR count). The van der Waals surface area contributed by atoms with Gasteiger partial charge < -0.3 is 0 Å². The van der Waals surface area contributed by atoms with Crippen molar-refractivity contribution in [1.82, 2.24) is 0 Å². The van der Waals surface area contributed by atoms with E-state index < -0.39 is 5.61 Å². The fraction of sp³-hybridized carbons (Fsp3) is 1.00. The SMILES string of the molecule is FC(F)(I)C(F)(I)I. The van der Waals surface area contributed by atoms with Crippen LogP contribution in [-0.4, -0.2) is 5.61 Å². The number of hydrogen-bond donors (Lipinski definition) is 0. The molecular weight excluding hydrogens is 462 g/mol. The second kappa shape index (κ2) is 2.93. The second-order valence-corrected chi connectivity index (χ2v) is 7.39. The van der Waals surface area contributed by atoms with Crippen LogP contribution in [0.5, 0.6) is 0 Å². The Bertz CT molecular complexity index is 67.5. The van der Waals surface area contributed by atoms with Crippen LogP contribution in [0.3, 0.4) is 0 Å². The highest BCUT2D eigenvalue weighted by Gasteiger charge is 2.48. The number of alkyl halides is 6. The normalized spacial score (nSPS) is 14.2. The molecule has 0 saturated heterocycles. The minimum absolute atomic E-state index is 0.760. The third-order valence-corrected chi connectivity index (χ3v) is 4.48. The van der Waals surface area contributed by atoms with Gasteiger partial charge in [-0.05, 0) is 45.2 Å². The summed E-state index contributed by atoms with van der Waals surface area (Å²) in [6, 6.07) is 0. The molecule has 0 aliphatic carbocycles. The topological polar surface area (TPSA) is 0 Å². The fourth-order valence-corrected chi connectivity index (χ4v) is 0. The van der Waals surface area contributed by atoms with Crippen molar-refractivity contribution in [2.24, 2.45) is 0 Å². The molecule has 0 aliphatic rings. The van der Waals surface area contributed by atoms with Crippen LogP contribution in [0, 0.1) is 0 Å². The van der Waals surface area contributed by atoms with Crippen molar-refractivity contribution in [3.63, 3.8) is 0 Å². The van der Waals surface area contributed by atoms with Crippen LogP contribution in [0.1, 0.15) is 0 Å². The van der Waals surface area contributed by atoms with Crippen LogP contribution in [0.2, 0.25) is 0 Å². The quantitative estimate of drug-likeness (QED) is 0.414. The van der Waals surface area contributed by atoms with Gasteiger partial charge in [-0.1, -0.05) is 0 Å². The highest BCUT2D eigenvalue weighted by atomic mass is 127. The number of halogens is 6. The minimum Gasteiger partial charge on any atom is -0.213 e. The predicted molar refractivity (Wildman–Crippen MR) is 50.8 cm³/mol. The average Bonchev–Trinajstić information content (AvgIpc) is 1.25. The Hall–Kier alpha value is 1.98. The first-order chi connectivity index (χ1) is 3.25. The van der Waals surface area contributed by atoms with Gasteiger partial charge in [0.15, 0.2) is 0 Å². The van der Waals surface area contributed by atoms with Crippen molar-refractivity contribution >= 4 is 67.8 Å².